The van der Waals surface area contributed by atoms with Crippen LogP contribution in [0.2, 0.25) is 0 Å². The maximum Gasteiger partial charge on any atom is 0.306 e. The van der Waals surface area contributed by atoms with Gasteiger partial charge >= 0.3 is 23.9 Å². The molecule has 0 radical (unpaired) electrons. The van der Waals surface area contributed by atoms with Crippen molar-refractivity contribution in [3.63, 3.8) is 0 Å². The largest absolute Gasteiger partial charge is 0.508 e. The zero-order valence-electron chi connectivity index (χ0n) is 74.6. The molecule has 0 aliphatic heterocycles. The first-order valence-electron chi connectivity index (χ1n) is 41.2. The van der Waals surface area contributed by atoms with Crippen LogP contribution in [0.25, 0.3) is 33.4 Å². The number of carbonyl (C=O) groups excluding carboxylic acids is 2. The molecule has 0 unspecified atom stereocenters. The molecule has 0 saturated carbocycles. The second-order valence-corrected chi connectivity index (χ2v) is 35.1. The van der Waals surface area contributed by atoms with E-state index in [1.807, 2.05) is 97.1 Å². The lowest BCUT2D eigenvalue weighted by Gasteiger charge is -2.24. The van der Waals surface area contributed by atoms with Crippen molar-refractivity contribution in [1.82, 2.24) is 0 Å². The third kappa shape index (κ3) is 30.6. The van der Waals surface area contributed by atoms with E-state index in [9.17, 15) is 39.6 Å². The molecule has 0 bridgehead atoms. The Morgan fingerprint density at radius 3 is 0.858 bits per heavy atom. The third-order valence-electron chi connectivity index (χ3n) is 21.2. The van der Waals surface area contributed by atoms with Crippen molar-refractivity contribution in [3.8, 4) is 73.6 Å². The Morgan fingerprint density at radius 2 is 0.592 bits per heavy atom. The molecule has 16 heteroatoms. The topological polar surface area (TPSA) is 214 Å². The molecule has 15 nitrogen and oxygen atoms in total. The molecule has 0 aliphatic carbocycles. The lowest BCUT2D eigenvalue weighted by molar-refractivity contribution is -0.142. The average Bonchev–Trinajstić information content (AvgIpc) is 0.802. The predicted octanol–water partition coefficient (Wildman–Crippen LogP) is 25.7. The minimum Gasteiger partial charge on any atom is -0.508 e. The predicted molar refractivity (Wildman–Crippen MR) is 487 cm³/mol. The summed E-state index contributed by atoms with van der Waals surface area (Å²) in [6.45, 7) is 37.3. The highest BCUT2D eigenvalue weighted by atomic mass is 35.5. The average molecular weight is 1650 g/mol. The number of rotatable bonds is 29. The van der Waals surface area contributed by atoms with Crippen molar-refractivity contribution >= 4 is 35.5 Å². The number of ether oxygens (including phenoxy) is 7. The fourth-order valence-corrected chi connectivity index (χ4v) is 14.6. The Balaban J connectivity index is 0.000000242. The van der Waals surface area contributed by atoms with E-state index in [2.05, 4.69) is 218 Å². The normalized spacial score (nSPS) is 12.3. The minimum absolute atomic E-state index is 0.0457. The van der Waals surface area contributed by atoms with Crippen LogP contribution >= 0.6 is 11.6 Å². The summed E-state index contributed by atoms with van der Waals surface area (Å²) in [4.78, 5) is 45.2. The summed E-state index contributed by atoms with van der Waals surface area (Å²) in [6, 6.07) is 73.6. The first-order valence-corrected chi connectivity index (χ1v) is 41.7. The highest BCUT2D eigenvalue weighted by Gasteiger charge is 2.27. The number of aliphatic carboxylic acids is 2. The number of carboxylic acid groups (broad SMARTS) is 2. The zero-order chi connectivity index (χ0) is 88.8. The van der Waals surface area contributed by atoms with Gasteiger partial charge in [-0.05, 0) is 238 Å². The van der Waals surface area contributed by atoms with Crippen LogP contribution in [-0.4, -0.2) is 79.9 Å². The van der Waals surface area contributed by atoms with E-state index in [0.29, 0.717) is 43.8 Å². The number of esters is 2. The van der Waals surface area contributed by atoms with Crippen LogP contribution < -0.4 is 23.7 Å². The molecule has 0 aromatic heterocycles. The number of aromatic hydroxyl groups is 2. The molecule has 0 aliphatic rings. The number of benzene rings is 10. The summed E-state index contributed by atoms with van der Waals surface area (Å²) in [5.74, 6) is 4.23. The molecular weight excluding hydrogens is 1520 g/mol. The molecular formula is C104H129ClO15. The fraction of sp³-hybridized carbons (Fsp3) is 0.385. The molecule has 120 heavy (non-hydrogen) atoms. The number of hydrogen-bond donors (Lipinski definition) is 4. The number of halogens is 1. The quantitative estimate of drug-likeness (QED) is 0.0253. The van der Waals surface area contributed by atoms with E-state index in [1.165, 1.54) is 53.2 Å². The van der Waals surface area contributed by atoms with E-state index in [4.69, 9.17) is 35.3 Å². The second kappa shape index (κ2) is 46.5. The molecule has 0 heterocycles. The van der Waals surface area contributed by atoms with Gasteiger partial charge in [0.15, 0.2) is 0 Å². The Kier molecular flexibility index (Phi) is 37.9. The Bertz CT molecular complexity index is 4670. The van der Waals surface area contributed by atoms with Gasteiger partial charge in [-0.25, -0.2) is 0 Å². The highest BCUT2D eigenvalue weighted by molar-refractivity contribution is 6.17. The molecule has 0 amide bonds. The monoisotopic (exact) mass is 1650 g/mol. The van der Waals surface area contributed by atoms with Crippen LogP contribution in [0.5, 0.6) is 40.2 Å². The first-order chi connectivity index (χ1) is 56.7. The van der Waals surface area contributed by atoms with Crippen molar-refractivity contribution in [2.75, 3.05) is 35.5 Å². The van der Waals surface area contributed by atoms with Crippen molar-refractivity contribution < 1.29 is 72.8 Å². The van der Waals surface area contributed by atoms with Crippen molar-refractivity contribution in [2.24, 2.45) is 23.7 Å². The van der Waals surface area contributed by atoms with Gasteiger partial charge in [0.25, 0.3) is 0 Å². The molecule has 4 N–H and O–H groups in total. The lowest BCUT2D eigenvalue weighted by atomic mass is 9.81. The number of hydrogen-bond acceptors (Lipinski definition) is 13. The SMILES string of the molecule is COC(=O)C[C@@H](c1cccc(O)c1)C(C)C.COC(=O)C[C@H](c1cccc(O)c1)C(C)C.COc1cccc(-c2ccc(CCl)cc2C(C)(C)C)c1.COc1cccc(-c2ccc(COc3cccc([C@@H](CC(=O)O)C(C)C)c3)cc2C(C)(C)C)c1.COc1cccc(-c2ccc(COc3cccc([C@H](CC(=O)O)C(C)C)c3)cc2C(C)(C)C)c1. The van der Waals surface area contributed by atoms with Gasteiger partial charge in [0.2, 0.25) is 0 Å². The summed E-state index contributed by atoms with van der Waals surface area (Å²) >= 11 is 5.98. The summed E-state index contributed by atoms with van der Waals surface area (Å²) < 4.78 is 37.8. The summed E-state index contributed by atoms with van der Waals surface area (Å²) in [6.07, 6.45) is 0.916. The van der Waals surface area contributed by atoms with Gasteiger partial charge in [0.05, 0.1) is 61.2 Å². The van der Waals surface area contributed by atoms with Gasteiger partial charge < -0.3 is 53.6 Å². The van der Waals surface area contributed by atoms with E-state index >= 15 is 0 Å². The Hall–Kier alpha value is -11.0. The minimum atomic E-state index is -0.782. The number of phenolic OH excluding ortho intramolecular Hbond substituents is 2. The smallest absolute Gasteiger partial charge is 0.306 e. The first kappa shape index (κ1) is 97.8. The van der Waals surface area contributed by atoms with Gasteiger partial charge in [0, 0.05) is 5.88 Å². The highest BCUT2D eigenvalue weighted by Crippen LogP contribution is 2.41. The summed E-state index contributed by atoms with van der Waals surface area (Å²) in [5.41, 5.74) is 18.1. The number of phenols is 2. The van der Waals surface area contributed by atoms with Crippen molar-refractivity contribution in [1.29, 1.82) is 0 Å². The fourth-order valence-electron chi connectivity index (χ4n) is 14.4. The van der Waals surface area contributed by atoms with Crippen LogP contribution in [-0.2, 0) is 64.0 Å². The molecule has 4 atom stereocenters. The van der Waals surface area contributed by atoms with E-state index < -0.39 is 11.9 Å². The number of carbonyl (C=O) groups is 4. The van der Waals surface area contributed by atoms with Gasteiger partial charge in [0.1, 0.15) is 53.5 Å². The molecule has 642 valence electrons. The van der Waals surface area contributed by atoms with E-state index in [-0.39, 0.29) is 88.0 Å². The molecule has 10 aromatic rings. The van der Waals surface area contributed by atoms with Gasteiger partial charge in [-0.15, -0.1) is 11.6 Å². The van der Waals surface area contributed by atoms with Crippen LogP contribution in [0.3, 0.4) is 0 Å². The zero-order valence-corrected chi connectivity index (χ0v) is 75.3. The molecule has 10 rings (SSSR count). The molecule has 0 spiro atoms. The van der Waals surface area contributed by atoms with Crippen LogP contribution in [0, 0.1) is 23.7 Å². The summed E-state index contributed by atoms with van der Waals surface area (Å²) in [7, 11) is 7.85. The Labute approximate surface area is 719 Å². The maximum atomic E-state index is 11.3. The third-order valence-corrected chi connectivity index (χ3v) is 21.5. The standard InChI is InChI=1S/2C30H36O4.C18H21ClO.2C13H18O3/c2*1-20(2)27(18-29(31)32)23-10-8-12-25(17-23)34-19-21-13-14-26(28(15-21)30(3,4)5)22-9-7-11-24(16-22)33-6;1-18(2,3)17-10-13(12-19)8-9-16(17)14-6-5-7-15(11-14)20-4;2*1-9(2)12(8-13(15)16-3)10-5-4-6-11(14)7-10/h2*7-17,20,27H,18-19H2,1-6H3,(H,31,32);5-11H,12H2,1-4H3;2*4-7,9,12,14H,8H2,1-3H3/t2*27-;;2*12-/m10.10/s1. The van der Waals surface area contributed by atoms with Crippen LogP contribution in [0.4, 0.5) is 0 Å². The number of methoxy groups -OCH3 is 5. The molecule has 10 aromatic carbocycles. The second-order valence-electron chi connectivity index (χ2n) is 34.8. The molecule has 0 fully saturated rings. The summed E-state index contributed by atoms with van der Waals surface area (Å²) in [5, 5.41) is 37.4. The maximum absolute atomic E-state index is 11.3. The van der Waals surface area contributed by atoms with Crippen LogP contribution in [0.15, 0.2) is 224 Å². The molecule has 0 saturated heterocycles. The van der Waals surface area contributed by atoms with Gasteiger partial charge in [-0.2, -0.15) is 0 Å². The number of carboxylic acids is 2. The van der Waals surface area contributed by atoms with E-state index in [0.717, 1.165) is 78.8 Å². The lowest BCUT2D eigenvalue weighted by Crippen LogP contribution is -2.14. The van der Waals surface area contributed by atoms with Crippen LogP contribution in [0.1, 0.15) is 223 Å². The van der Waals surface area contributed by atoms with Gasteiger partial charge in [-0.3, -0.25) is 19.2 Å². The number of alkyl halides is 1. The van der Waals surface area contributed by atoms with E-state index in [1.54, 1.807) is 57.7 Å². The van der Waals surface area contributed by atoms with Crippen molar-refractivity contribution in [3.05, 3.63) is 280 Å². The Morgan fingerprint density at radius 1 is 0.325 bits per heavy atom. The van der Waals surface area contributed by atoms with Crippen molar-refractivity contribution in [2.45, 2.75) is 202 Å². The van der Waals surface area contributed by atoms with Gasteiger partial charge in [-0.1, -0.05) is 257 Å².